The Hall–Kier alpha value is -1.85. The number of ether oxygens (including phenoxy) is 1. The molecule has 2 unspecified atom stereocenters. The Labute approximate surface area is 117 Å². The molecular weight excluding hydrogens is 256 g/mol. The number of aromatic nitrogens is 1. The zero-order valence-electron chi connectivity index (χ0n) is 11.4. The summed E-state index contributed by atoms with van der Waals surface area (Å²) in [6.45, 7) is 1.50. The summed E-state index contributed by atoms with van der Waals surface area (Å²) in [5.74, 6) is -1.22. The molecule has 1 fully saturated rings. The molecule has 20 heavy (non-hydrogen) atoms. The van der Waals surface area contributed by atoms with Crippen molar-refractivity contribution < 1.29 is 14.6 Å². The van der Waals surface area contributed by atoms with Gasteiger partial charge in [-0.15, -0.1) is 0 Å². The van der Waals surface area contributed by atoms with Crippen molar-refractivity contribution in [3.63, 3.8) is 0 Å². The first-order valence-electron chi connectivity index (χ1n) is 6.72. The van der Waals surface area contributed by atoms with Gasteiger partial charge in [0.15, 0.2) is 0 Å². The Morgan fingerprint density at radius 1 is 1.45 bits per heavy atom. The van der Waals surface area contributed by atoms with Gasteiger partial charge in [0.2, 0.25) is 0 Å². The molecule has 2 N–H and O–H groups in total. The number of carboxylic acids is 1. The van der Waals surface area contributed by atoms with Crippen molar-refractivity contribution in [2.24, 2.45) is 5.92 Å². The second-order valence-electron chi connectivity index (χ2n) is 5.32. The number of rotatable bonds is 4. The molecule has 0 spiro atoms. The van der Waals surface area contributed by atoms with E-state index < -0.39 is 11.9 Å². The molecule has 0 bridgehead atoms. The number of para-hydroxylation sites is 1. The topological polar surface area (TPSA) is 65.6 Å². The molecule has 2 atom stereocenters. The number of carbonyl (C=O) groups is 1. The molecule has 0 aliphatic carbocycles. The van der Waals surface area contributed by atoms with Gasteiger partial charge in [-0.05, 0) is 18.7 Å². The predicted octanol–water partition coefficient (Wildman–Crippen LogP) is 1.70. The van der Waals surface area contributed by atoms with E-state index in [4.69, 9.17) is 4.74 Å². The highest BCUT2D eigenvalue weighted by molar-refractivity contribution is 5.83. The van der Waals surface area contributed by atoms with Crippen LogP contribution in [0.4, 0.5) is 0 Å². The van der Waals surface area contributed by atoms with Gasteiger partial charge in [-0.2, -0.15) is 0 Å². The summed E-state index contributed by atoms with van der Waals surface area (Å²) in [5, 5.41) is 10.4. The number of aromatic amines is 1. The van der Waals surface area contributed by atoms with Gasteiger partial charge in [0, 0.05) is 29.7 Å². The van der Waals surface area contributed by atoms with Crippen LogP contribution in [0.15, 0.2) is 30.5 Å². The zero-order chi connectivity index (χ0) is 14.1. The number of carboxylic acid groups (broad SMARTS) is 1. The zero-order valence-corrected chi connectivity index (χ0v) is 11.4. The van der Waals surface area contributed by atoms with Gasteiger partial charge in [0.1, 0.15) is 0 Å². The van der Waals surface area contributed by atoms with Crippen LogP contribution in [0, 0.1) is 5.92 Å². The molecule has 1 aromatic heterocycles. The molecule has 5 heteroatoms. The average Bonchev–Trinajstić information content (AvgIpc) is 3.06. The highest BCUT2D eigenvalue weighted by atomic mass is 16.5. The van der Waals surface area contributed by atoms with Gasteiger partial charge in [0.05, 0.1) is 19.1 Å². The van der Waals surface area contributed by atoms with Gasteiger partial charge >= 0.3 is 5.97 Å². The molecule has 3 rings (SSSR count). The van der Waals surface area contributed by atoms with Crippen LogP contribution < -0.4 is 0 Å². The number of nitrogens with zero attached hydrogens (tertiary/aromatic N) is 1. The molecule has 1 saturated heterocycles. The number of nitrogens with one attached hydrogen (secondary N) is 1. The smallest absolute Gasteiger partial charge is 0.310 e. The minimum absolute atomic E-state index is 0.0684. The lowest BCUT2D eigenvalue weighted by Crippen LogP contribution is -2.40. The molecule has 2 aromatic rings. The number of aliphatic carboxylic acids is 1. The number of benzene rings is 1. The van der Waals surface area contributed by atoms with E-state index in [0.29, 0.717) is 19.8 Å². The second kappa shape index (κ2) is 5.26. The van der Waals surface area contributed by atoms with Crippen molar-refractivity contribution in [2.45, 2.75) is 12.6 Å². The summed E-state index contributed by atoms with van der Waals surface area (Å²) in [4.78, 5) is 16.5. The van der Waals surface area contributed by atoms with Gasteiger partial charge in [0.25, 0.3) is 0 Å². The van der Waals surface area contributed by atoms with Gasteiger partial charge < -0.3 is 14.8 Å². The average molecular weight is 274 g/mol. The molecule has 0 saturated carbocycles. The van der Waals surface area contributed by atoms with Crippen LogP contribution in [-0.4, -0.2) is 47.3 Å². The van der Waals surface area contributed by atoms with E-state index in [1.807, 2.05) is 31.4 Å². The van der Waals surface area contributed by atoms with Crippen LogP contribution in [0.3, 0.4) is 0 Å². The van der Waals surface area contributed by atoms with Crippen molar-refractivity contribution in [3.05, 3.63) is 36.0 Å². The fourth-order valence-corrected chi connectivity index (χ4v) is 2.86. The molecule has 2 heterocycles. The number of hydrogen-bond donors (Lipinski definition) is 2. The highest BCUT2D eigenvalue weighted by Gasteiger charge is 2.36. The highest BCUT2D eigenvalue weighted by Crippen LogP contribution is 2.24. The van der Waals surface area contributed by atoms with E-state index in [-0.39, 0.29) is 6.04 Å². The third-order valence-electron chi connectivity index (χ3n) is 4.03. The van der Waals surface area contributed by atoms with E-state index in [9.17, 15) is 9.90 Å². The quantitative estimate of drug-likeness (QED) is 0.890. The molecule has 5 nitrogen and oxygen atoms in total. The Balaban J connectivity index is 1.78. The van der Waals surface area contributed by atoms with Crippen LogP contribution >= 0.6 is 0 Å². The first-order chi connectivity index (χ1) is 9.66. The number of fused-ring (bicyclic) bond motifs is 1. The summed E-state index contributed by atoms with van der Waals surface area (Å²) in [6, 6.07) is 8.06. The number of H-pyrrole nitrogens is 1. The number of likely N-dealkylation sites (N-methyl/N-ethyl adjacent to an activating group) is 1. The van der Waals surface area contributed by atoms with Crippen LogP contribution in [0.25, 0.3) is 10.9 Å². The Morgan fingerprint density at radius 2 is 2.25 bits per heavy atom. The normalized spacial score (nSPS) is 22.7. The van der Waals surface area contributed by atoms with Crippen molar-refractivity contribution in [2.75, 3.05) is 20.3 Å². The van der Waals surface area contributed by atoms with E-state index in [2.05, 4.69) is 16.0 Å². The molecule has 1 aromatic carbocycles. The molecule has 1 aliphatic heterocycles. The van der Waals surface area contributed by atoms with E-state index >= 15 is 0 Å². The van der Waals surface area contributed by atoms with Crippen LogP contribution in [-0.2, 0) is 16.1 Å². The van der Waals surface area contributed by atoms with E-state index in [0.717, 1.165) is 5.52 Å². The minimum Gasteiger partial charge on any atom is -0.481 e. The Kier molecular flexibility index (Phi) is 3.46. The van der Waals surface area contributed by atoms with Crippen molar-refractivity contribution >= 4 is 16.9 Å². The van der Waals surface area contributed by atoms with Crippen molar-refractivity contribution in [1.29, 1.82) is 0 Å². The second-order valence-corrected chi connectivity index (χ2v) is 5.32. The fraction of sp³-hybridized carbons (Fsp3) is 0.400. The molecule has 0 radical (unpaired) electrons. The summed E-state index contributed by atoms with van der Waals surface area (Å²) < 4.78 is 5.33. The fourth-order valence-electron chi connectivity index (χ4n) is 2.86. The summed E-state index contributed by atoms with van der Waals surface area (Å²) >= 11 is 0. The Morgan fingerprint density at radius 3 is 3.05 bits per heavy atom. The molecule has 106 valence electrons. The van der Waals surface area contributed by atoms with E-state index in [1.54, 1.807) is 0 Å². The van der Waals surface area contributed by atoms with Crippen molar-refractivity contribution in [3.8, 4) is 0 Å². The largest absolute Gasteiger partial charge is 0.481 e. The molecular formula is C15H18N2O3. The predicted molar refractivity (Wildman–Crippen MR) is 75.5 cm³/mol. The maximum absolute atomic E-state index is 11.2. The third kappa shape index (κ3) is 2.30. The van der Waals surface area contributed by atoms with Crippen molar-refractivity contribution in [1.82, 2.24) is 9.88 Å². The standard InChI is InChI=1S/C15H18N2O3/c1-17(14-9-20-8-12(14)15(18)19)7-10-6-16-13-5-3-2-4-11(10)13/h2-6,12,14,16H,7-9H2,1H3,(H,18,19). The maximum atomic E-state index is 11.2. The van der Waals surface area contributed by atoms with Crippen LogP contribution in [0.1, 0.15) is 5.56 Å². The minimum atomic E-state index is -0.779. The van der Waals surface area contributed by atoms with Crippen LogP contribution in [0.5, 0.6) is 0 Å². The van der Waals surface area contributed by atoms with Crippen LogP contribution in [0.2, 0.25) is 0 Å². The summed E-state index contributed by atoms with van der Waals surface area (Å²) in [6.07, 6.45) is 1.99. The first-order valence-corrected chi connectivity index (χ1v) is 6.72. The molecule has 0 amide bonds. The third-order valence-corrected chi connectivity index (χ3v) is 4.03. The lowest BCUT2D eigenvalue weighted by Gasteiger charge is -2.25. The van der Waals surface area contributed by atoms with Gasteiger partial charge in [-0.3, -0.25) is 9.69 Å². The maximum Gasteiger partial charge on any atom is 0.310 e. The first kappa shape index (κ1) is 13.1. The molecule has 1 aliphatic rings. The monoisotopic (exact) mass is 274 g/mol. The lowest BCUT2D eigenvalue weighted by molar-refractivity contribution is -0.143. The lowest BCUT2D eigenvalue weighted by atomic mass is 10.0. The SMILES string of the molecule is CN(Cc1c[nH]c2ccccc12)C1COCC1C(=O)O. The Bertz CT molecular complexity index is 622. The number of hydrogen-bond acceptors (Lipinski definition) is 3. The van der Waals surface area contributed by atoms with E-state index in [1.165, 1.54) is 10.9 Å². The summed E-state index contributed by atoms with van der Waals surface area (Å²) in [7, 11) is 1.96. The van der Waals surface area contributed by atoms with Gasteiger partial charge in [-0.25, -0.2) is 0 Å². The van der Waals surface area contributed by atoms with Gasteiger partial charge in [-0.1, -0.05) is 18.2 Å². The summed E-state index contributed by atoms with van der Waals surface area (Å²) in [5.41, 5.74) is 2.28.